The standard InChI is InChI=1S/C18H18F3N3O2/c1-23(2)13-7-5-12(6-8-13)17(25)24-10-14(11-24)26-16-15(18(19,20)21)4-3-9-22-16/h3-9,14H,10-11H2,1-2H3. The number of benzene rings is 1. The van der Waals surface area contributed by atoms with Gasteiger partial charge in [0.05, 0.1) is 13.1 Å². The van der Waals surface area contributed by atoms with Crippen molar-refractivity contribution in [2.45, 2.75) is 12.3 Å². The average molecular weight is 365 g/mol. The van der Waals surface area contributed by atoms with E-state index in [4.69, 9.17) is 4.74 Å². The summed E-state index contributed by atoms with van der Waals surface area (Å²) in [5, 5.41) is 0. The third-order valence-electron chi connectivity index (χ3n) is 4.12. The lowest BCUT2D eigenvalue weighted by Gasteiger charge is -2.39. The first-order valence-electron chi connectivity index (χ1n) is 8.01. The molecule has 5 nitrogen and oxygen atoms in total. The Morgan fingerprint density at radius 3 is 2.42 bits per heavy atom. The molecule has 1 saturated heterocycles. The number of carbonyl (C=O) groups is 1. The summed E-state index contributed by atoms with van der Waals surface area (Å²) in [5.41, 5.74) is 0.591. The van der Waals surface area contributed by atoms with Gasteiger partial charge in [-0.15, -0.1) is 0 Å². The van der Waals surface area contributed by atoms with Crippen LogP contribution >= 0.6 is 0 Å². The van der Waals surface area contributed by atoms with Gasteiger partial charge in [0.2, 0.25) is 5.88 Å². The molecule has 2 heterocycles. The number of alkyl halides is 3. The van der Waals surface area contributed by atoms with Crippen molar-refractivity contribution >= 4 is 11.6 Å². The number of halogens is 3. The summed E-state index contributed by atoms with van der Waals surface area (Å²) in [4.78, 5) is 19.5. The summed E-state index contributed by atoms with van der Waals surface area (Å²) in [6, 6.07) is 9.27. The van der Waals surface area contributed by atoms with E-state index in [1.165, 1.54) is 17.2 Å². The van der Waals surface area contributed by atoms with Crippen molar-refractivity contribution in [1.82, 2.24) is 9.88 Å². The fourth-order valence-electron chi connectivity index (χ4n) is 2.62. The molecule has 0 saturated carbocycles. The first-order valence-corrected chi connectivity index (χ1v) is 8.01. The van der Waals surface area contributed by atoms with E-state index in [1.807, 2.05) is 31.1 Å². The van der Waals surface area contributed by atoms with Gasteiger partial charge < -0.3 is 14.5 Å². The van der Waals surface area contributed by atoms with E-state index in [0.29, 0.717) is 5.56 Å². The van der Waals surface area contributed by atoms with Gasteiger partial charge in [-0.25, -0.2) is 4.98 Å². The fourth-order valence-corrected chi connectivity index (χ4v) is 2.62. The number of hydrogen-bond donors (Lipinski definition) is 0. The Labute approximate surface area is 149 Å². The van der Waals surface area contributed by atoms with Crippen molar-refractivity contribution in [3.63, 3.8) is 0 Å². The van der Waals surface area contributed by atoms with E-state index in [9.17, 15) is 18.0 Å². The molecule has 0 bridgehead atoms. The molecule has 0 spiro atoms. The van der Waals surface area contributed by atoms with Gasteiger partial charge in [-0.1, -0.05) is 0 Å². The predicted molar refractivity (Wildman–Crippen MR) is 90.3 cm³/mol. The van der Waals surface area contributed by atoms with Crippen LogP contribution in [0.1, 0.15) is 15.9 Å². The third-order valence-corrected chi connectivity index (χ3v) is 4.12. The number of ether oxygens (including phenoxy) is 1. The summed E-state index contributed by atoms with van der Waals surface area (Å²) in [6.07, 6.45) is -3.79. The highest BCUT2D eigenvalue weighted by atomic mass is 19.4. The Hall–Kier alpha value is -2.77. The molecule has 138 valence electrons. The quantitative estimate of drug-likeness (QED) is 0.836. The zero-order valence-corrected chi connectivity index (χ0v) is 14.3. The lowest BCUT2D eigenvalue weighted by Crippen LogP contribution is -2.56. The summed E-state index contributed by atoms with van der Waals surface area (Å²) in [5.74, 6) is -0.625. The van der Waals surface area contributed by atoms with E-state index in [1.54, 1.807) is 12.1 Å². The van der Waals surface area contributed by atoms with Crippen molar-refractivity contribution in [2.75, 3.05) is 32.1 Å². The second-order valence-electron chi connectivity index (χ2n) is 6.25. The maximum absolute atomic E-state index is 12.9. The summed E-state index contributed by atoms with van der Waals surface area (Å²) >= 11 is 0. The molecule has 0 unspecified atom stereocenters. The Kier molecular flexibility index (Phi) is 4.76. The normalized spacial score (nSPS) is 14.7. The van der Waals surface area contributed by atoms with Crippen molar-refractivity contribution in [3.8, 4) is 5.88 Å². The molecule has 1 aliphatic rings. The molecule has 26 heavy (non-hydrogen) atoms. The van der Waals surface area contributed by atoms with Crippen molar-refractivity contribution in [3.05, 3.63) is 53.7 Å². The number of pyridine rings is 1. The van der Waals surface area contributed by atoms with Crippen LogP contribution in [0.2, 0.25) is 0 Å². The van der Waals surface area contributed by atoms with Gasteiger partial charge in [0.25, 0.3) is 5.91 Å². The van der Waals surface area contributed by atoms with E-state index in [2.05, 4.69) is 4.98 Å². The Morgan fingerprint density at radius 1 is 1.19 bits per heavy atom. The third kappa shape index (κ3) is 3.74. The molecular formula is C18H18F3N3O2. The van der Waals surface area contributed by atoms with Crippen molar-refractivity contribution in [1.29, 1.82) is 0 Å². The Balaban J connectivity index is 1.60. The Bertz CT molecular complexity index is 785. The molecule has 3 rings (SSSR count). The van der Waals surface area contributed by atoms with Crippen LogP contribution in [-0.4, -0.2) is 49.1 Å². The van der Waals surface area contributed by atoms with Gasteiger partial charge in [0.1, 0.15) is 11.7 Å². The molecule has 0 atom stereocenters. The minimum atomic E-state index is -4.53. The van der Waals surface area contributed by atoms with E-state index < -0.39 is 23.7 Å². The highest BCUT2D eigenvalue weighted by Gasteiger charge is 2.38. The molecule has 1 fully saturated rings. The molecule has 1 amide bonds. The molecule has 0 radical (unpaired) electrons. The second-order valence-corrected chi connectivity index (χ2v) is 6.25. The van der Waals surface area contributed by atoms with E-state index in [-0.39, 0.29) is 19.0 Å². The van der Waals surface area contributed by atoms with Crippen molar-refractivity contribution < 1.29 is 22.7 Å². The summed E-state index contributed by atoms with van der Waals surface area (Å²) in [6.45, 7) is 0.449. The van der Waals surface area contributed by atoms with Crippen LogP contribution in [0.25, 0.3) is 0 Å². The van der Waals surface area contributed by atoms with Crippen LogP contribution in [0.15, 0.2) is 42.6 Å². The minimum absolute atomic E-state index is 0.174. The van der Waals surface area contributed by atoms with Crippen LogP contribution in [0, 0.1) is 0 Å². The zero-order valence-electron chi connectivity index (χ0n) is 14.3. The van der Waals surface area contributed by atoms with Crippen LogP contribution in [-0.2, 0) is 6.18 Å². The fraction of sp³-hybridized carbons (Fsp3) is 0.333. The van der Waals surface area contributed by atoms with Crippen LogP contribution < -0.4 is 9.64 Å². The number of carbonyl (C=O) groups excluding carboxylic acids is 1. The number of anilines is 1. The van der Waals surface area contributed by atoms with Gasteiger partial charge >= 0.3 is 6.18 Å². The van der Waals surface area contributed by atoms with E-state index >= 15 is 0 Å². The van der Waals surface area contributed by atoms with Gasteiger partial charge in [0, 0.05) is 31.5 Å². The average Bonchev–Trinajstić information content (AvgIpc) is 2.56. The number of hydrogen-bond acceptors (Lipinski definition) is 4. The lowest BCUT2D eigenvalue weighted by atomic mass is 10.1. The van der Waals surface area contributed by atoms with Gasteiger partial charge in [-0.3, -0.25) is 4.79 Å². The molecule has 0 N–H and O–H groups in total. The number of rotatable bonds is 4. The van der Waals surface area contributed by atoms with Crippen molar-refractivity contribution in [2.24, 2.45) is 0 Å². The maximum Gasteiger partial charge on any atom is 0.421 e. The number of nitrogens with zero attached hydrogens (tertiary/aromatic N) is 3. The molecule has 1 aromatic heterocycles. The molecule has 1 aromatic carbocycles. The molecule has 0 aliphatic carbocycles. The van der Waals surface area contributed by atoms with Crippen LogP contribution in [0.3, 0.4) is 0 Å². The minimum Gasteiger partial charge on any atom is -0.470 e. The maximum atomic E-state index is 12.9. The summed E-state index contributed by atoms with van der Waals surface area (Å²) < 4.78 is 44.2. The highest BCUT2D eigenvalue weighted by Crippen LogP contribution is 2.35. The molecular weight excluding hydrogens is 347 g/mol. The largest absolute Gasteiger partial charge is 0.470 e. The molecule has 2 aromatic rings. The second kappa shape index (κ2) is 6.86. The topological polar surface area (TPSA) is 45.7 Å². The first kappa shape index (κ1) is 18.0. The smallest absolute Gasteiger partial charge is 0.421 e. The number of amides is 1. The number of likely N-dealkylation sites (tertiary alicyclic amines) is 1. The Morgan fingerprint density at radius 2 is 1.85 bits per heavy atom. The first-order chi connectivity index (χ1) is 12.3. The van der Waals surface area contributed by atoms with Crippen LogP contribution in [0.5, 0.6) is 5.88 Å². The van der Waals surface area contributed by atoms with Gasteiger partial charge in [-0.2, -0.15) is 13.2 Å². The lowest BCUT2D eigenvalue weighted by molar-refractivity contribution is -0.140. The van der Waals surface area contributed by atoms with Gasteiger partial charge in [-0.05, 0) is 36.4 Å². The zero-order chi connectivity index (χ0) is 18.9. The number of aromatic nitrogens is 1. The van der Waals surface area contributed by atoms with Gasteiger partial charge in [0.15, 0.2) is 0 Å². The predicted octanol–water partition coefficient (Wildman–Crippen LogP) is 3.07. The highest BCUT2D eigenvalue weighted by molar-refractivity contribution is 5.95. The van der Waals surface area contributed by atoms with Crippen LogP contribution in [0.4, 0.5) is 18.9 Å². The molecule has 1 aliphatic heterocycles. The summed E-state index contributed by atoms with van der Waals surface area (Å²) in [7, 11) is 3.81. The monoisotopic (exact) mass is 365 g/mol. The molecule has 8 heteroatoms. The van der Waals surface area contributed by atoms with E-state index in [0.717, 1.165) is 11.8 Å². The SMILES string of the molecule is CN(C)c1ccc(C(=O)N2CC(Oc3ncccc3C(F)(F)F)C2)cc1.